The number of hydrogen-bond donors (Lipinski definition) is 2. The highest BCUT2D eigenvalue weighted by atomic mass is 35.5. The lowest BCUT2D eigenvalue weighted by molar-refractivity contribution is -0.118. The molecule has 0 aliphatic carbocycles. The minimum absolute atomic E-state index is 0.220. The van der Waals surface area contributed by atoms with E-state index in [2.05, 4.69) is 15.6 Å². The van der Waals surface area contributed by atoms with Gasteiger partial charge in [0.15, 0.2) is 5.13 Å². The number of thiazole rings is 1. The molecule has 2 amide bonds. The number of rotatable bonds is 6. The minimum Gasteiger partial charge on any atom is -0.340 e. The number of carbonyl (C=O) groups is 2. The van der Waals surface area contributed by atoms with Gasteiger partial charge in [0, 0.05) is 16.6 Å². The fraction of sp³-hybridized carbons (Fsp3) is 0.312. The zero-order valence-corrected chi connectivity index (χ0v) is 15.5. The van der Waals surface area contributed by atoms with Crippen molar-refractivity contribution in [2.45, 2.75) is 26.3 Å². The van der Waals surface area contributed by atoms with Crippen LogP contribution in [0.2, 0.25) is 10.0 Å². The molecule has 0 aliphatic heterocycles. The molecule has 0 bridgehead atoms. The first-order chi connectivity index (χ1) is 11.4. The van der Waals surface area contributed by atoms with Crippen LogP contribution in [0.5, 0.6) is 0 Å². The Kier molecular flexibility index (Phi) is 6.60. The Bertz CT molecular complexity index is 720. The molecule has 1 aromatic heterocycles. The third kappa shape index (κ3) is 5.19. The van der Waals surface area contributed by atoms with Crippen molar-refractivity contribution in [3.8, 4) is 0 Å². The quantitative estimate of drug-likeness (QED) is 0.781. The van der Waals surface area contributed by atoms with E-state index in [1.54, 1.807) is 17.6 Å². The summed E-state index contributed by atoms with van der Waals surface area (Å²) in [7, 11) is 0. The molecule has 5 nitrogen and oxygen atoms in total. The number of aromatic nitrogens is 1. The van der Waals surface area contributed by atoms with E-state index >= 15 is 0 Å². The van der Waals surface area contributed by atoms with Crippen molar-refractivity contribution < 1.29 is 9.59 Å². The zero-order valence-electron chi connectivity index (χ0n) is 13.2. The van der Waals surface area contributed by atoms with Gasteiger partial charge in [0.1, 0.15) is 6.04 Å². The lowest BCUT2D eigenvalue weighted by atomic mass is 10.0. The highest BCUT2D eigenvalue weighted by molar-refractivity contribution is 7.13. The van der Waals surface area contributed by atoms with E-state index in [4.69, 9.17) is 23.2 Å². The molecule has 0 saturated carbocycles. The largest absolute Gasteiger partial charge is 0.340 e. The van der Waals surface area contributed by atoms with Crippen LogP contribution in [0.4, 0.5) is 5.13 Å². The van der Waals surface area contributed by atoms with Gasteiger partial charge in [-0.25, -0.2) is 4.98 Å². The van der Waals surface area contributed by atoms with Gasteiger partial charge in [0.05, 0.1) is 10.6 Å². The Morgan fingerprint density at radius 2 is 2.04 bits per heavy atom. The maximum Gasteiger partial charge on any atom is 0.253 e. The van der Waals surface area contributed by atoms with E-state index in [0.29, 0.717) is 16.6 Å². The lowest BCUT2D eigenvalue weighted by Crippen LogP contribution is -2.44. The van der Waals surface area contributed by atoms with Crippen molar-refractivity contribution in [1.82, 2.24) is 10.3 Å². The van der Waals surface area contributed by atoms with Gasteiger partial charge in [-0.3, -0.25) is 9.59 Å². The number of halogens is 2. The number of hydrogen-bond acceptors (Lipinski definition) is 4. The molecule has 0 fully saturated rings. The second-order valence-electron chi connectivity index (χ2n) is 5.61. The molecule has 1 aromatic carbocycles. The zero-order chi connectivity index (χ0) is 17.7. The fourth-order valence-corrected chi connectivity index (χ4v) is 3.12. The topological polar surface area (TPSA) is 71.1 Å². The molecule has 0 saturated heterocycles. The number of benzene rings is 1. The summed E-state index contributed by atoms with van der Waals surface area (Å²) in [5.74, 6) is -0.508. The molecule has 128 valence electrons. The minimum atomic E-state index is -0.687. The van der Waals surface area contributed by atoms with Crippen LogP contribution in [0.15, 0.2) is 29.8 Å². The summed E-state index contributed by atoms with van der Waals surface area (Å²) in [5, 5.41) is 8.38. The molecule has 2 N–H and O–H groups in total. The van der Waals surface area contributed by atoms with Crippen LogP contribution >= 0.6 is 34.5 Å². The van der Waals surface area contributed by atoms with Crippen molar-refractivity contribution in [2.75, 3.05) is 5.32 Å². The van der Waals surface area contributed by atoms with Crippen LogP contribution in [0.25, 0.3) is 0 Å². The third-order valence-electron chi connectivity index (χ3n) is 3.17. The van der Waals surface area contributed by atoms with Crippen molar-refractivity contribution in [1.29, 1.82) is 0 Å². The summed E-state index contributed by atoms with van der Waals surface area (Å²) in [6.07, 6.45) is 2.10. The van der Waals surface area contributed by atoms with E-state index in [1.165, 1.54) is 23.5 Å². The highest BCUT2D eigenvalue weighted by Crippen LogP contribution is 2.21. The normalized spacial score (nSPS) is 12.0. The molecule has 0 unspecified atom stereocenters. The van der Waals surface area contributed by atoms with Crippen LogP contribution in [0.3, 0.4) is 0 Å². The summed E-state index contributed by atoms with van der Waals surface area (Å²) < 4.78 is 0. The standard InChI is InChI=1S/C16H17Cl2N3O2S/c1-9(2)7-13(15(23)21-16-19-5-6-24-16)20-14(22)11-4-3-10(17)8-12(11)18/h3-6,8-9,13H,7H2,1-2H3,(H,20,22)(H,19,21,23)/t13-/m0/s1. The van der Waals surface area contributed by atoms with Gasteiger partial charge in [0.25, 0.3) is 5.91 Å². The van der Waals surface area contributed by atoms with Crippen LogP contribution < -0.4 is 10.6 Å². The number of anilines is 1. The van der Waals surface area contributed by atoms with E-state index in [1.807, 2.05) is 13.8 Å². The van der Waals surface area contributed by atoms with Gasteiger partial charge < -0.3 is 10.6 Å². The molecule has 1 heterocycles. The summed E-state index contributed by atoms with van der Waals surface area (Å²) in [4.78, 5) is 28.9. The first kappa shape index (κ1) is 18.7. The van der Waals surface area contributed by atoms with Gasteiger partial charge in [-0.2, -0.15) is 0 Å². The Labute approximate surface area is 154 Å². The van der Waals surface area contributed by atoms with Crippen molar-refractivity contribution in [2.24, 2.45) is 5.92 Å². The van der Waals surface area contributed by atoms with Crippen molar-refractivity contribution >= 4 is 51.5 Å². The third-order valence-corrected chi connectivity index (χ3v) is 4.40. The Balaban J connectivity index is 2.12. The number of carbonyl (C=O) groups excluding carboxylic acids is 2. The molecule has 0 radical (unpaired) electrons. The molecule has 1 atom stereocenters. The first-order valence-corrected chi connectivity index (χ1v) is 8.96. The Hall–Kier alpha value is -1.63. The predicted molar refractivity (Wildman–Crippen MR) is 97.9 cm³/mol. The molecule has 8 heteroatoms. The molecule has 0 spiro atoms. The molecular formula is C16H17Cl2N3O2S. The maximum atomic E-state index is 12.4. The smallest absolute Gasteiger partial charge is 0.253 e. The molecule has 24 heavy (non-hydrogen) atoms. The van der Waals surface area contributed by atoms with Crippen molar-refractivity contribution in [3.63, 3.8) is 0 Å². The maximum absolute atomic E-state index is 12.4. The SMILES string of the molecule is CC(C)C[C@H](NC(=O)c1ccc(Cl)cc1Cl)C(=O)Nc1nccs1. The van der Waals surface area contributed by atoms with Crippen molar-refractivity contribution in [3.05, 3.63) is 45.4 Å². The monoisotopic (exact) mass is 385 g/mol. The number of amides is 2. The van der Waals surface area contributed by atoms with Gasteiger partial charge in [-0.15, -0.1) is 11.3 Å². The molecule has 0 aliphatic rings. The summed E-state index contributed by atoms with van der Waals surface area (Å²) >= 11 is 13.2. The Morgan fingerprint density at radius 1 is 1.29 bits per heavy atom. The van der Waals surface area contributed by atoms with Gasteiger partial charge in [-0.05, 0) is 30.5 Å². The molecule has 2 rings (SSSR count). The first-order valence-electron chi connectivity index (χ1n) is 7.33. The van der Waals surface area contributed by atoms with E-state index in [-0.39, 0.29) is 22.4 Å². The summed E-state index contributed by atoms with van der Waals surface area (Å²) in [5.41, 5.74) is 0.275. The van der Waals surface area contributed by atoms with Crippen LogP contribution in [0.1, 0.15) is 30.6 Å². The van der Waals surface area contributed by atoms with E-state index in [0.717, 1.165) is 0 Å². The predicted octanol–water partition coefficient (Wildman–Crippen LogP) is 4.23. The highest BCUT2D eigenvalue weighted by Gasteiger charge is 2.24. The Morgan fingerprint density at radius 3 is 2.62 bits per heavy atom. The van der Waals surface area contributed by atoms with Gasteiger partial charge >= 0.3 is 0 Å². The fourth-order valence-electron chi connectivity index (χ4n) is 2.09. The summed E-state index contributed by atoms with van der Waals surface area (Å²) in [6.45, 7) is 3.95. The average molecular weight is 386 g/mol. The number of nitrogens with one attached hydrogen (secondary N) is 2. The second kappa shape index (κ2) is 8.46. The lowest BCUT2D eigenvalue weighted by Gasteiger charge is -2.20. The van der Waals surface area contributed by atoms with E-state index in [9.17, 15) is 9.59 Å². The number of nitrogens with zero attached hydrogens (tertiary/aromatic N) is 1. The average Bonchev–Trinajstić information content (AvgIpc) is 2.98. The van der Waals surface area contributed by atoms with Crippen LogP contribution in [-0.4, -0.2) is 22.8 Å². The van der Waals surface area contributed by atoms with Crippen LogP contribution in [0, 0.1) is 5.92 Å². The van der Waals surface area contributed by atoms with Gasteiger partial charge in [0.2, 0.25) is 5.91 Å². The van der Waals surface area contributed by atoms with Gasteiger partial charge in [-0.1, -0.05) is 37.0 Å². The second-order valence-corrected chi connectivity index (χ2v) is 7.34. The molecular weight excluding hydrogens is 369 g/mol. The molecule has 2 aromatic rings. The van der Waals surface area contributed by atoms with E-state index < -0.39 is 11.9 Å². The van der Waals surface area contributed by atoms with Crippen LogP contribution in [-0.2, 0) is 4.79 Å². The summed E-state index contributed by atoms with van der Waals surface area (Å²) in [6, 6.07) is 3.92.